The molecular formula is C12H23N3O3S. The summed E-state index contributed by atoms with van der Waals surface area (Å²) in [6.07, 6.45) is 4.78. The first-order valence-electron chi connectivity index (χ1n) is 7.03. The van der Waals surface area contributed by atoms with Crippen molar-refractivity contribution in [1.29, 1.82) is 0 Å². The van der Waals surface area contributed by atoms with Crippen molar-refractivity contribution in [1.82, 2.24) is 9.62 Å². The highest BCUT2D eigenvalue weighted by Crippen LogP contribution is 2.27. The molecule has 2 aliphatic rings. The normalized spacial score (nSPS) is 21.6. The van der Waals surface area contributed by atoms with Gasteiger partial charge in [-0.3, -0.25) is 4.79 Å². The second-order valence-electron chi connectivity index (χ2n) is 5.42. The molecule has 2 rings (SSSR count). The minimum absolute atomic E-state index is 0.00236. The van der Waals surface area contributed by atoms with Crippen LogP contribution in [0.15, 0.2) is 0 Å². The molecule has 1 amide bonds. The SMILES string of the molecule is N[C@@H](CCCNS(=O)(=O)C1CC1)C(=O)N1CCCC1. The van der Waals surface area contributed by atoms with Gasteiger partial charge in [-0.05, 0) is 38.5 Å². The Bertz CT molecular complexity index is 414. The molecule has 0 spiro atoms. The molecule has 7 heteroatoms. The maximum absolute atomic E-state index is 11.9. The van der Waals surface area contributed by atoms with Crippen molar-refractivity contribution in [3.63, 3.8) is 0 Å². The van der Waals surface area contributed by atoms with Crippen LogP contribution in [0.5, 0.6) is 0 Å². The van der Waals surface area contributed by atoms with Crippen LogP contribution in [0.25, 0.3) is 0 Å². The Morgan fingerprint density at radius 1 is 1.32 bits per heavy atom. The highest BCUT2D eigenvalue weighted by molar-refractivity contribution is 7.90. The Morgan fingerprint density at radius 2 is 1.95 bits per heavy atom. The summed E-state index contributed by atoms with van der Waals surface area (Å²) in [6, 6.07) is -0.497. The average molecular weight is 289 g/mol. The Labute approximate surface area is 114 Å². The van der Waals surface area contributed by atoms with E-state index in [1.54, 1.807) is 4.90 Å². The zero-order valence-corrected chi connectivity index (χ0v) is 12.0. The first kappa shape index (κ1) is 14.7. The van der Waals surface area contributed by atoms with Crippen molar-refractivity contribution in [3.05, 3.63) is 0 Å². The predicted octanol–water partition coefficient (Wildman–Crippen LogP) is -0.202. The average Bonchev–Trinajstić information content (AvgIpc) is 3.11. The number of nitrogens with zero attached hydrogens (tertiary/aromatic N) is 1. The van der Waals surface area contributed by atoms with Gasteiger partial charge in [0.2, 0.25) is 15.9 Å². The van der Waals surface area contributed by atoms with Crippen LogP contribution in [-0.2, 0) is 14.8 Å². The molecule has 1 atom stereocenters. The largest absolute Gasteiger partial charge is 0.341 e. The summed E-state index contributed by atoms with van der Waals surface area (Å²) in [6.45, 7) is 1.99. The molecule has 0 radical (unpaired) electrons. The maximum atomic E-state index is 11.9. The number of amides is 1. The molecule has 1 aliphatic carbocycles. The molecule has 0 aromatic carbocycles. The van der Waals surface area contributed by atoms with Crippen LogP contribution in [0.3, 0.4) is 0 Å². The summed E-state index contributed by atoms with van der Waals surface area (Å²) in [5.41, 5.74) is 5.85. The van der Waals surface area contributed by atoms with Gasteiger partial charge >= 0.3 is 0 Å². The molecule has 0 unspecified atom stereocenters. The number of carbonyl (C=O) groups excluding carboxylic acids is 1. The number of hydrogen-bond acceptors (Lipinski definition) is 4. The molecule has 19 heavy (non-hydrogen) atoms. The Hall–Kier alpha value is -0.660. The lowest BCUT2D eigenvalue weighted by Crippen LogP contribution is -2.42. The van der Waals surface area contributed by atoms with Crippen LogP contribution in [-0.4, -0.2) is 50.2 Å². The van der Waals surface area contributed by atoms with Crippen molar-refractivity contribution in [3.8, 4) is 0 Å². The molecule has 1 aliphatic heterocycles. The molecule has 0 aromatic rings. The van der Waals surface area contributed by atoms with E-state index in [1.807, 2.05) is 0 Å². The third kappa shape index (κ3) is 4.15. The maximum Gasteiger partial charge on any atom is 0.239 e. The van der Waals surface area contributed by atoms with E-state index in [2.05, 4.69) is 4.72 Å². The van der Waals surface area contributed by atoms with E-state index >= 15 is 0 Å². The van der Waals surface area contributed by atoms with Crippen molar-refractivity contribution in [2.24, 2.45) is 5.73 Å². The first-order chi connectivity index (χ1) is 9.00. The van der Waals surface area contributed by atoms with E-state index in [4.69, 9.17) is 5.73 Å². The quantitative estimate of drug-likeness (QED) is 0.635. The first-order valence-corrected chi connectivity index (χ1v) is 8.58. The molecule has 3 N–H and O–H groups in total. The summed E-state index contributed by atoms with van der Waals surface area (Å²) in [4.78, 5) is 13.7. The topological polar surface area (TPSA) is 92.5 Å². The molecule has 0 bridgehead atoms. The van der Waals surface area contributed by atoms with Gasteiger partial charge in [-0.2, -0.15) is 0 Å². The van der Waals surface area contributed by atoms with Crippen molar-refractivity contribution >= 4 is 15.9 Å². The van der Waals surface area contributed by atoms with Gasteiger partial charge in [0.05, 0.1) is 11.3 Å². The number of likely N-dealkylation sites (tertiary alicyclic amines) is 1. The van der Waals surface area contributed by atoms with Crippen LogP contribution in [0.1, 0.15) is 38.5 Å². The molecule has 1 saturated carbocycles. The second kappa shape index (κ2) is 6.19. The lowest BCUT2D eigenvalue weighted by atomic mass is 10.1. The van der Waals surface area contributed by atoms with E-state index in [9.17, 15) is 13.2 Å². The van der Waals surface area contributed by atoms with Crippen LogP contribution < -0.4 is 10.5 Å². The van der Waals surface area contributed by atoms with Gasteiger partial charge in [-0.1, -0.05) is 0 Å². The van der Waals surface area contributed by atoms with Crippen molar-refractivity contribution in [2.45, 2.75) is 49.8 Å². The van der Waals surface area contributed by atoms with E-state index in [0.717, 1.165) is 38.8 Å². The summed E-state index contributed by atoms with van der Waals surface area (Å²) >= 11 is 0. The molecule has 6 nitrogen and oxygen atoms in total. The molecule has 1 saturated heterocycles. The number of carbonyl (C=O) groups is 1. The van der Waals surface area contributed by atoms with Crippen LogP contribution in [0.2, 0.25) is 0 Å². The third-order valence-electron chi connectivity index (χ3n) is 3.69. The van der Waals surface area contributed by atoms with Gasteiger partial charge in [-0.15, -0.1) is 0 Å². The highest BCUT2D eigenvalue weighted by atomic mass is 32.2. The summed E-state index contributed by atoms with van der Waals surface area (Å²) in [5, 5.41) is -0.188. The Morgan fingerprint density at radius 3 is 2.53 bits per heavy atom. The van der Waals surface area contributed by atoms with Gasteiger partial charge in [0.1, 0.15) is 0 Å². The lowest BCUT2D eigenvalue weighted by Gasteiger charge is -2.20. The monoisotopic (exact) mass is 289 g/mol. The van der Waals surface area contributed by atoms with Gasteiger partial charge in [0.15, 0.2) is 0 Å². The fraction of sp³-hybridized carbons (Fsp3) is 0.917. The van der Waals surface area contributed by atoms with E-state index in [-0.39, 0.29) is 11.2 Å². The molecule has 110 valence electrons. The fourth-order valence-corrected chi connectivity index (χ4v) is 3.75. The number of sulfonamides is 1. The third-order valence-corrected chi connectivity index (χ3v) is 5.65. The van der Waals surface area contributed by atoms with Crippen molar-refractivity contribution in [2.75, 3.05) is 19.6 Å². The molecule has 1 heterocycles. The van der Waals surface area contributed by atoms with E-state index < -0.39 is 16.1 Å². The summed E-state index contributed by atoms with van der Waals surface area (Å²) in [5.74, 6) is 0.00236. The molecule has 2 fully saturated rings. The van der Waals surface area contributed by atoms with Gasteiger partial charge in [0.25, 0.3) is 0 Å². The summed E-state index contributed by atoms with van der Waals surface area (Å²) < 4.78 is 25.7. The minimum atomic E-state index is -3.11. The Kier molecular flexibility index (Phi) is 4.81. The number of hydrogen-bond donors (Lipinski definition) is 2. The zero-order chi connectivity index (χ0) is 13.9. The molecular weight excluding hydrogens is 266 g/mol. The smallest absolute Gasteiger partial charge is 0.239 e. The van der Waals surface area contributed by atoms with Gasteiger partial charge in [0, 0.05) is 19.6 Å². The lowest BCUT2D eigenvalue weighted by molar-refractivity contribution is -0.131. The van der Waals surface area contributed by atoms with E-state index in [1.165, 1.54) is 0 Å². The van der Waals surface area contributed by atoms with E-state index in [0.29, 0.717) is 19.4 Å². The number of nitrogens with one attached hydrogen (secondary N) is 1. The molecule has 0 aromatic heterocycles. The van der Waals surface area contributed by atoms with Crippen LogP contribution in [0.4, 0.5) is 0 Å². The predicted molar refractivity (Wildman–Crippen MR) is 73.0 cm³/mol. The Balaban J connectivity index is 1.63. The number of nitrogens with two attached hydrogens (primary N) is 1. The van der Waals surface area contributed by atoms with Crippen LogP contribution in [0, 0.1) is 0 Å². The van der Waals surface area contributed by atoms with Crippen molar-refractivity contribution < 1.29 is 13.2 Å². The highest BCUT2D eigenvalue weighted by Gasteiger charge is 2.35. The van der Waals surface area contributed by atoms with Gasteiger partial charge < -0.3 is 10.6 Å². The van der Waals surface area contributed by atoms with Crippen LogP contribution >= 0.6 is 0 Å². The standard InChI is InChI=1S/C12H23N3O3S/c13-11(12(16)15-8-1-2-9-15)4-3-7-14-19(17,18)10-5-6-10/h10-11,14H,1-9,13H2/t11-/m0/s1. The minimum Gasteiger partial charge on any atom is -0.341 e. The van der Waals surface area contributed by atoms with Gasteiger partial charge in [-0.25, -0.2) is 13.1 Å². The fourth-order valence-electron chi connectivity index (χ4n) is 2.33. The second-order valence-corrected chi connectivity index (χ2v) is 7.47. The summed E-state index contributed by atoms with van der Waals surface area (Å²) in [7, 11) is -3.11. The number of rotatable bonds is 7. The zero-order valence-electron chi connectivity index (χ0n) is 11.2.